The fraction of sp³-hybridized carbons (Fsp3) is 0. The minimum absolute atomic E-state index is 0.318. The first kappa shape index (κ1) is 6.84. The summed E-state index contributed by atoms with van der Waals surface area (Å²) in [6.45, 7) is 0. The Morgan fingerprint density at radius 2 is 2.42 bits per heavy atom. The smallest absolute Gasteiger partial charge is 0.205 e. The molecule has 0 saturated heterocycles. The zero-order chi connectivity index (χ0) is 8.39. The average Bonchev–Trinajstić information content (AvgIpc) is 2.75. The highest BCUT2D eigenvalue weighted by Crippen LogP contribution is 2.10. The Morgan fingerprint density at radius 1 is 1.50 bits per heavy atom. The SMILES string of the molecule is O=Cc1ccc(-n2ccnc2)o1. The molecule has 0 fully saturated rings. The van der Waals surface area contributed by atoms with Gasteiger partial charge in [-0.15, -0.1) is 0 Å². The van der Waals surface area contributed by atoms with Crippen molar-refractivity contribution in [1.82, 2.24) is 9.55 Å². The van der Waals surface area contributed by atoms with E-state index in [9.17, 15) is 4.79 Å². The molecule has 12 heavy (non-hydrogen) atoms. The predicted molar refractivity (Wildman–Crippen MR) is 41.2 cm³/mol. The Kier molecular flexibility index (Phi) is 1.51. The number of rotatable bonds is 2. The maximum atomic E-state index is 10.3. The predicted octanol–water partition coefficient (Wildman–Crippen LogP) is 1.28. The van der Waals surface area contributed by atoms with E-state index < -0.39 is 0 Å². The molecule has 0 amide bonds. The van der Waals surface area contributed by atoms with Crippen LogP contribution < -0.4 is 0 Å². The van der Waals surface area contributed by atoms with Gasteiger partial charge in [0.25, 0.3) is 0 Å². The monoisotopic (exact) mass is 162 g/mol. The van der Waals surface area contributed by atoms with Gasteiger partial charge in [-0.2, -0.15) is 0 Å². The van der Waals surface area contributed by atoms with Crippen molar-refractivity contribution in [2.24, 2.45) is 0 Å². The largest absolute Gasteiger partial charge is 0.437 e. The van der Waals surface area contributed by atoms with Crippen LogP contribution in [0.15, 0.2) is 35.3 Å². The lowest BCUT2D eigenvalue weighted by Crippen LogP contribution is -1.85. The third kappa shape index (κ3) is 1.03. The molecule has 60 valence electrons. The molecule has 4 heteroatoms. The van der Waals surface area contributed by atoms with Crippen LogP contribution in [0.2, 0.25) is 0 Å². The van der Waals surface area contributed by atoms with Crippen LogP contribution in [0.5, 0.6) is 0 Å². The molecule has 0 radical (unpaired) electrons. The minimum atomic E-state index is 0.318. The van der Waals surface area contributed by atoms with Gasteiger partial charge in [-0.05, 0) is 6.07 Å². The number of carbonyl (C=O) groups excluding carboxylic acids is 1. The Labute approximate surface area is 68.4 Å². The standard InChI is InChI=1S/C8H6N2O2/c11-5-7-1-2-8(12-7)10-4-3-9-6-10/h1-6H. The molecule has 0 atom stereocenters. The second-order valence-electron chi connectivity index (χ2n) is 2.26. The molecule has 0 aliphatic rings. The van der Waals surface area contributed by atoms with Gasteiger partial charge in [0.15, 0.2) is 12.0 Å². The van der Waals surface area contributed by atoms with Crippen LogP contribution in [0.25, 0.3) is 5.88 Å². The van der Waals surface area contributed by atoms with Crippen LogP contribution in [0, 0.1) is 0 Å². The van der Waals surface area contributed by atoms with Gasteiger partial charge in [0, 0.05) is 18.5 Å². The van der Waals surface area contributed by atoms with Gasteiger partial charge in [0.2, 0.25) is 5.88 Å². The lowest BCUT2D eigenvalue weighted by molar-refractivity contribution is 0.110. The van der Waals surface area contributed by atoms with E-state index in [-0.39, 0.29) is 0 Å². The fourth-order valence-corrected chi connectivity index (χ4v) is 0.934. The van der Waals surface area contributed by atoms with Gasteiger partial charge >= 0.3 is 0 Å². The molecule has 0 saturated carbocycles. The molecule has 2 aromatic heterocycles. The summed E-state index contributed by atoms with van der Waals surface area (Å²) in [6.07, 6.45) is 5.66. The van der Waals surface area contributed by atoms with Crippen molar-refractivity contribution in [2.45, 2.75) is 0 Å². The summed E-state index contributed by atoms with van der Waals surface area (Å²) < 4.78 is 6.82. The van der Waals surface area contributed by atoms with Gasteiger partial charge in [-0.25, -0.2) is 4.98 Å². The van der Waals surface area contributed by atoms with E-state index in [2.05, 4.69) is 4.98 Å². The quantitative estimate of drug-likeness (QED) is 0.625. The maximum absolute atomic E-state index is 10.3. The first-order valence-electron chi connectivity index (χ1n) is 3.43. The minimum Gasteiger partial charge on any atom is -0.437 e. The molecule has 2 aromatic rings. The lowest BCUT2D eigenvalue weighted by atomic mass is 10.5. The van der Waals surface area contributed by atoms with Gasteiger partial charge in [-0.1, -0.05) is 0 Å². The Bertz CT molecular complexity index is 375. The van der Waals surface area contributed by atoms with Crippen molar-refractivity contribution in [1.29, 1.82) is 0 Å². The molecule has 0 bridgehead atoms. The van der Waals surface area contributed by atoms with Gasteiger partial charge < -0.3 is 4.42 Å². The lowest BCUT2D eigenvalue weighted by Gasteiger charge is -1.92. The number of nitrogens with zero attached hydrogens (tertiary/aromatic N) is 2. The van der Waals surface area contributed by atoms with E-state index in [4.69, 9.17) is 4.42 Å². The third-order valence-electron chi connectivity index (χ3n) is 1.49. The summed E-state index contributed by atoms with van der Waals surface area (Å²) in [5.74, 6) is 0.910. The van der Waals surface area contributed by atoms with Gasteiger partial charge in [0.1, 0.15) is 6.33 Å². The number of hydrogen-bond donors (Lipinski definition) is 0. The molecule has 0 aromatic carbocycles. The van der Waals surface area contributed by atoms with Crippen LogP contribution in [-0.4, -0.2) is 15.8 Å². The van der Waals surface area contributed by atoms with E-state index >= 15 is 0 Å². The molecule has 0 spiro atoms. The number of imidazole rings is 1. The van der Waals surface area contributed by atoms with Crippen LogP contribution in [0.4, 0.5) is 0 Å². The highest BCUT2D eigenvalue weighted by atomic mass is 16.4. The van der Waals surface area contributed by atoms with Crippen molar-refractivity contribution in [3.8, 4) is 5.88 Å². The van der Waals surface area contributed by atoms with Gasteiger partial charge in [0.05, 0.1) is 0 Å². The molecule has 2 heterocycles. The molecular weight excluding hydrogens is 156 g/mol. The van der Waals surface area contributed by atoms with Crippen LogP contribution in [-0.2, 0) is 0 Å². The average molecular weight is 162 g/mol. The van der Waals surface area contributed by atoms with Crippen LogP contribution >= 0.6 is 0 Å². The summed E-state index contributed by atoms with van der Waals surface area (Å²) in [7, 11) is 0. The van der Waals surface area contributed by atoms with Crippen LogP contribution in [0.3, 0.4) is 0 Å². The van der Waals surface area contributed by atoms with E-state index in [0.717, 1.165) is 0 Å². The molecule has 0 aliphatic heterocycles. The van der Waals surface area contributed by atoms with E-state index in [0.29, 0.717) is 17.9 Å². The first-order valence-corrected chi connectivity index (χ1v) is 3.43. The van der Waals surface area contributed by atoms with Crippen molar-refractivity contribution < 1.29 is 9.21 Å². The normalized spacial score (nSPS) is 10.0. The number of aromatic nitrogens is 2. The first-order chi connectivity index (χ1) is 5.90. The molecule has 4 nitrogen and oxygen atoms in total. The molecule has 0 unspecified atom stereocenters. The zero-order valence-electron chi connectivity index (χ0n) is 6.18. The second kappa shape index (κ2) is 2.65. The van der Waals surface area contributed by atoms with E-state index in [1.807, 2.05) is 0 Å². The Hall–Kier alpha value is -1.84. The van der Waals surface area contributed by atoms with Crippen molar-refractivity contribution in [2.75, 3.05) is 0 Å². The number of aldehydes is 1. The summed E-state index contributed by atoms with van der Waals surface area (Å²) >= 11 is 0. The fourth-order valence-electron chi connectivity index (χ4n) is 0.934. The highest BCUT2D eigenvalue weighted by Gasteiger charge is 2.00. The molecule has 0 N–H and O–H groups in total. The third-order valence-corrected chi connectivity index (χ3v) is 1.49. The molecular formula is C8H6N2O2. The van der Waals surface area contributed by atoms with Crippen molar-refractivity contribution in [3.05, 3.63) is 36.6 Å². The number of carbonyl (C=O) groups is 1. The van der Waals surface area contributed by atoms with E-state index in [1.54, 1.807) is 35.4 Å². The number of hydrogen-bond acceptors (Lipinski definition) is 3. The van der Waals surface area contributed by atoms with Crippen molar-refractivity contribution in [3.63, 3.8) is 0 Å². The Balaban J connectivity index is 2.41. The van der Waals surface area contributed by atoms with Gasteiger partial charge in [-0.3, -0.25) is 9.36 Å². The number of furan rings is 1. The summed E-state index contributed by atoms with van der Waals surface area (Å²) in [5.41, 5.74) is 0. The maximum Gasteiger partial charge on any atom is 0.205 e. The topological polar surface area (TPSA) is 48.0 Å². The van der Waals surface area contributed by atoms with Crippen LogP contribution in [0.1, 0.15) is 10.6 Å². The molecule has 2 rings (SSSR count). The zero-order valence-corrected chi connectivity index (χ0v) is 6.18. The van der Waals surface area contributed by atoms with E-state index in [1.165, 1.54) is 0 Å². The summed E-state index contributed by atoms with van der Waals surface area (Å²) in [4.78, 5) is 14.1. The Morgan fingerprint density at radius 3 is 3.00 bits per heavy atom. The van der Waals surface area contributed by atoms with Crippen molar-refractivity contribution >= 4 is 6.29 Å². The highest BCUT2D eigenvalue weighted by molar-refractivity contribution is 5.70. The molecule has 0 aliphatic carbocycles. The second-order valence-corrected chi connectivity index (χ2v) is 2.26. The summed E-state index contributed by atoms with van der Waals surface area (Å²) in [5, 5.41) is 0. The summed E-state index contributed by atoms with van der Waals surface area (Å²) in [6, 6.07) is 3.33.